The minimum Gasteiger partial charge on any atom is -0.365 e. The van der Waals surface area contributed by atoms with E-state index in [9.17, 15) is 0 Å². The maximum Gasteiger partial charge on any atom is 0.0630 e. The molecule has 2 aliphatic heterocycles. The molecule has 2 heterocycles. The number of hydrogen-bond acceptors (Lipinski definition) is 4. The zero-order chi connectivity index (χ0) is 39.3. The van der Waals surface area contributed by atoms with Crippen molar-refractivity contribution in [1.82, 2.24) is 0 Å². The predicted octanol–water partition coefficient (Wildman–Crippen LogP) is 12.4. The standard InChI is InChI=1S/C56H58N4/c1-2-40(34-58-46-19-7-36(8-20-46)30-38-11-23-48(24-12-38)60-51-27-15-43-32-44-16-28-52(60)56(44)55(43)51)4-3-39(1)33-57-45-17-5-35(6-18-45)29-37-9-21-47(22-10-37)59-49-25-13-41-31-42-14-26-50(59)54(42)53(41)49/h1-12,17-24,33-34,41-44,49-56H,13-16,25-32H2/t41-,42+,43-,44+,49?,50?,51?,52?,53+,54-,55+,56-. The van der Waals surface area contributed by atoms with Crippen LogP contribution in [-0.2, 0) is 12.8 Å². The van der Waals surface area contributed by atoms with Crippen LogP contribution in [0.2, 0.25) is 0 Å². The molecule has 6 saturated carbocycles. The van der Waals surface area contributed by atoms with Gasteiger partial charge in [-0.05, 0) is 206 Å². The normalized spacial score (nSPS) is 33.9. The SMILES string of the molecule is C(=Nc1ccc(Cc2ccc(N3C4CC[C@@H]5C[C@@H]6CCC3[C@@H]6[C@H]45)cc2)cc1)c1ccc(C=Nc2ccc(Cc3ccc(N4C5CC[C@@H]6C[C@@H]7CCC4[C@@H]7[C@H]56)cc3)cc2)cc1. The number of aliphatic imine (C=N–C) groups is 2. The van der Waals surface area contributed by atoms with Crippen molar-refractivity contribution in [3.8, 4) is 0 Å². The summed E-state index contributed by atoms with van der Waals surface area (Å²) in [5.41, 5.74) is 12.5. The molecule has 5 aromatic rings. The van der Waals surface area contributed by atoms with Crippen molar-refractivity contribution in [2.45, 2.75) is 101 Å². The first-order valence-corrected chi connectivity index (χ1v) is 23.8. The van der Waals surface area contributed by atoms with Gasteiger partial charge in [-0.15, -0.1) is 0 Å². The molecule has 2 saturated heterocycles. The van der Waals surface area contributed by atoms with Gasteiger partial charge in [0, 0.05) is 48.0 Å². The molecular formula is C56H58N4. The predicted molar refractivity (Wildman–Crippen MR) is 247 cm³/mol. The average Bonchev–Trinajstić information content (AvgIpc) is 4.15. The molecule has 0 aromatic heterocycles. The molecule has 0 spiro atoms. The summed E-state index contributed by atoms with van der Waals surface area (Å²) >= 11 is 0. The van der Waals surface area contributed by atoms with Gasteiger partial charge in [0.15, 0.2) is 0 Å². The highest BCUT2D eigenvalue weighted by Crippen LogP contribution is 2.65. The maximum absolute atomic E-state index is 4.79. The minimum absolute atomic E-state index is 0.805. The van der Waals surface area contributed by atoms with Crippen LogP contribution >= 0.6 is 0 Å². The molecule has 6 aliphatic carbocycles. The van der Waals surface area contributed by atoms with Crippen molar-refractivity contribution in [1.29, 1.82) is 0 Å². The Morgan fingerprint density at radius 3 is 0.983 bits per heavy atom. The van der Waals surface area contributed by atoms with Gasteiger partial charge in [-0.2, -0.15) is 0 Å². The van der Waals surface area contributed by atoms with Crippen molar-refractivity contribution in [2.24, 2.45) is 57.3 Å². The highest BCUT2D eigenvalue weighted by Gasteiger charge is 2.64. The van der Waals surface area contributed by atoms with E-state index in [1.807, 2.05) is 12.4 Å². The molecule has 0 bridgehead atoms. The summed E-state index contributed by atoms with van der Waals surface area (Å²) in [6.07, 6.45) is 20.4. The van der Waals surface area contributed by atoms with Crippen molar-refractivity contribution < 1.29 is 0 Å². The molecule has 8 fully saturated rings. The summed E-state index contributed by atoms with van der Waals surface area (Å²) in [5.74, 6) is 8.04. The smallest absolute Gasteiger partial charge is 0.0630 e. The quantitative estimate of drug-likeness (QED) is 0.132. The third kappa shape index (κ3) is 5.98. The molecule has 8 aliphatic rings. The summed E-state index contributed by atoms with van der Waals surface area (Å²) in [6, 6.07) is 48.4. The fourth-order valence-corrected chi connectivity index (χ4v) is 15.5. The van der Waals surface area contributed by atoms with E-state index in [4.69, 9.17) is 9.98 Å². The van der Waals surface area contributed by atoms with Crippen molar-refractivity contribution >= 4 is 35.2 Å². The molecule has 13 rings (SSSR count). The van der Waals surface area contributed by atoms with Gasteiger partial charge >= 0.3 is 0 Å². The highest BCUT2D eigenvalue weighted by atomic mass is 15.3. The van der Waals surface area contributed by atoms with Gasteiger partial charge in [-0.1, -0.05) is 72.8 Å². The van der Waals surface area contributed by atoms with E-state index in [1.165, 1.54) is 97.8 Å². The Morgan fingerprint density at radius 1 is 0.367 bits per heavy atom. The summed E-state index contributed by atoms with van der Waals surface area (Å²) in [5, 5.41) is 0. The molecule has 0 radical (unpaired) electrons. The van der Waals surface area contributed by atoms with Crippen LogP contribution in [0.15, 0.2) is 131 Å². The van der Waals surface area contributed by atoms with Crippen LogP contribution in [0.3, 0.4) is 0 Å². The van der Waals surface area contributed by atoms with Gasteiger partial charge in [-0.25, -0.2) is 0 Å². The van der Waals surface area contributed by atoms with Crippen LogP contribution in [-0.4, -0.2) is 36.6 Å². The molecule has 12 atom stereocenters. The third-order valence-electron chi connectivity index (χ3n) is 17.6. The third-order valence-corrected chi connectivity index (χ3v) is 17.6. The van der Waals surface area contributed by atoms with Crippen LogP contribution < -0.4 is 9.80 Å². The first kappa shape index (κ1) is 35.8. The molecule has 60 heavy (non-hydrogen) atoms. The minimum atomic E-state index is 0.805. The fraction of sp³-hybridized carbons (Fsp3) is 0.429. The van der Waals surface area contributed by atoms with E-state index in [0.29, 0.717) is 0 Å². The number of hydrogen-bond donors (Lipinski definition) is 0. The maximum atomic E-state index is 4.79. The zero-order valence-electron chi connectivity index (χ0n) is 34.9. The monoisotopic (exact) mass is 786 g/mol. The van der Waals surface area contributed by atoms with E-state index >= 15 is 0 Å². The fourth-order valence-electron chi connectivity index (χ4n) is 15.5. The molecular weight excluding hydrogens is 729 g/mol. The Bertz CT molecular complexity index is 2190. The summed E-state index contributed by atoms with van der Waals surface area (Å²) in [4.78, 5) is 15.3. The molecule has 0 amide bonds. The second-order valence-corrected chi connectivity index (χ2v) is 20.4. The van der Waals surface area contributed by atoms with Crippen LogP contribution in [0.25, 0.3) is 0 Å². The van der Waals surface area contributed by atoms with Crippen molar-refractivity contribution in [3.63, 3.8) is 0 Å². The van der Waals surface area contributed by atoms with Gasteiger partial charge in [0.2, 0.25) is 0 Å². The Balaban J connectivity index is 0.593. The van der Waals surface area contributed by atoms with Gasteiger partial charge < -0.3 is 9.80 Å². The van der Waals surface area contributed by atoms with Crippen LogP contribution in [0, 0.1) is 47.3 Å². The molecule has 0 N–H and O–H groups in total. The van der Waals surface area contributed by atoms with E-state index in [1.54, 1.807) is 0 Å². The molecule has 5 aromatic carbocycles. The summed E-state index contributed by atoms with van der Waals surface area (Å²) in [7, 11) is 0. The van der Waals surface area contributed by atoms with E-state index in [0.717, 1.165) is 107 Å². The lowest BCUT2D eigenvalue weighted by Gasteiger charge is -2.32. The van der Waals surface area contributed by atoms with Crippen molar-refractivity contribution in [2.75, 3.05) is 9.80 Å². The van der Waals surface area contributed by atoms with Gasteiger partial charge in [0.1, 0.15) is 0 Å². The lowest BCUT2D eigenvalue weighted by Crippen LogP contribution is -2.36. The second-order valence-electron chi connectivity index (χ2n) is 20.4. The van der Waals surface area contributed by atoms with Crippen molar-refractivity contribution in [3.05, 3.63) is 155 Å². The first-order valence-electron chi connectivity index (χ1n) is 23.8. The Morgan fingerprint density at radius 2 is 0.667 bits per heavy atom. The number of anilines is 2. The topological polar surface area (TPSA) is 31.2 Å². The van der Waals surface area contributed by atoms with E-state index in [-0.39, 0.29) is 0 Å². The van der Waals surface area contributed by atoms with Gasteiger partial charge in [0.25, 0.3) is 0 Å². The number of benzene rings is 5. The second kappa shape index (κ2) is 14.3. The Kier molecular flexibility index (Phi) is 8.53. The molecule has 4 unspecified atom stereocenters. The Hall–Kier alpha value is -4.96. The highest BCUT2D eigenvalue weighted by molar-refractivity contribution is 5.86. The number of rotatable bonds is 10. The molecule has 4 nitrogen and oxygen atoms in total. The van der Waals surface area contributed by atoms with Gasteiger partial charge in [0.05, 0.1) is 11.4 Å². The van der Waals surface area contributed by atoms with Crippen LogP contribution in [0.1, 0.15) is 97.6 Å². The van der Waals surface area contributed by atoms with E-state index in [2.05, 4.69) is 131 Å². The summed E-state index contributed by atoms with van der Waals surface area (Å²) in [6.45, 7) is 0. The summed E-state index contributed by atoms with van der Waals surface area (Å²) < 4.78 is 0. The lowest BCUT2D eigenvalue weighted by atomic mass is 9.90. The zero-order valence-corrected chi connectivity index (χ0v) is 34.9. The Labute approximate surface area is 356 Å². The molecule has 302 valence electrons. The molecule has 4 heteroatoms. The average molecular weight is 787 g/mol. The number of nitrogens with zero attached hydrogens (tertiary/aromatic N) is 4. The largest absolute Gasteiger partial charge is 0.365 e. The van der Waals surface area contributed by atoms with Crippen LogP contribution in [0.5, 0.6) is 0 Å². The van der Waals surface area contributed by atoms with Crippen LogP contribution in [0.4, 0.5) is 22.7 Å². The van der Waals surface area contributed by atoms with E-state index < -0.39 is 0 Å². The van der Waals surface area contributed by atoms with Gasteiger partial charge in [-0.3, -0.25) is 9.98 Å². The lowest BCUT2D eigenvalue weighted by molar-refractivity contribution is 0.369. The first-order chi connectivity index (χ1) is 29.7.